The summed E-state index contributed by atoms with van der Waals surface area (Å²) in [4.78, 5) is 12.6. The van der Waals surface area contributed by atoms with Crippen LogP contribution in [0, 0.1) is 10.1 Å². The summed E-state index contributed by atoms with van der Waals surface area (Å²) in [5, 5.41) is 20.8. The molecule has 0 saturated carbocycles. The van der Waals surface area contributed by atoms with Gasteiger partial charge in [0.1, 0.15) is 0 Å². The van der Waals surface area contributed by atoms with Gasteiger partial charge in [-0.25, -0.2) is 0 Å². The largest absolute Gasteiger partial charge is 0.390 e. The molecule has 1 aliphatic heterocycles. The second-order valence-electron chi connectivity index (χ2n) is 5.52. The summed E-state index contributed by atoms with van der Waals surface area (Å²) < 4.78 is 0. The van der Waals surface area contributed by atoms with E-state index in [1.807, 2.05) is 6.92 Å². The topological polar surface area (TPSA) is 105 Å². The number of anilines is 1. The number of nitrogens with one attached hydrogen (secondary N) is 1. The van der Waals surface area contributed by atoms with Gasteiger partial charge in [-0.1, -0.05) is 0 Å². The highest BCUT2D eigenvalue weighted by molar-refractivity contribution is 5.55. The van der Waals surface area contributed by atoms with Gasteiger partial charge in [-0.3, -0.25) is 20.9 Å². The number of nitro groups is 1. The highest BCUT2D eigenvalue weighted by Crippen LogP contribution is 2.26. The summed E-state index contributed by atoms with van der Waals surface area (Å²) in [6.07, 6.45) is 1.40. The summed E-state index contributed by atoms with van der Waals surface area (Å²) in [5.74, 6) is 5.45. The van der Waals surface area contributed by atoms with Gasteiger partial charge in [-0.15, -0.1) is 0 Å². The van der Waals surface area contributed by atoms with Gasteiger partial charge in [0, 0.05) is 31.8 Å². The Morgan fingerprint density at radius 1 is 1.50 bits per heavy atom. The zero-order valence-electron chi connectivity index (χ0n) is 11.5. The van der Waals surface area contributed by atoms with E-state index >= 15 is 0 Å². The maximum absolute atomic E-state index is 10.8. The Labute approximate surface area is 117 Å². The SMILES string of the molecule is CC1(O)CCN(Cc2cc([N+](=O)[O-])ccc2NN)CC1. The Morgan fingerprint density at radius 3 is 2.70 bits per heavy atom. The number of likely N-dealkylation sites (tertiary alicyclic amines) is 1. The second kappa shape index (κ2) is 5.74. The number of hydrogen-bond acceptors (Lipinski definition) is 6. The molecule has 4 N–H and O–H groups in total. The zero-order chi connectivity index (χ0) is 14.8. The molecule has 0 aromatic heterocycles. The molecule has 1 aromatic carbocycles. The lowest BCUT2D eigenvalue weighted by Gasteiger charge is -2.36. The second-order valence-corrected chi connectivity index (χ2v) is 5.52. The quantitative estimate of drug-likeness (QED) is 0.435. The predicted octanol–water partition coefficient (Wildman–Crippen LogP) is 1.23. The van der Waals surface area contributed by atoms with Crippen molar-refractivity contribution in [1.82, 2.24) is 4.90 Å². The van der Waals surface area contributed by atoms with Crippen LogP contribution in [0.15, 0.2) is 18.2 Å². The van der Waals surface area contributed by atoms with E-state index in [2.05, 4.69) is 10.3 Å². The van der Waals surface area contributed by atoms with Crippen molar-refractivity contribution in [3.63, 3.8) is 0 Å². The molecule has 0 aliphatic carbocycles. The molecule has 0 amide bonds. The number of aliphatic hydroxyl groups is 1. The third-order valence-electron chi connectivity index (χ3n) is 3.78. The molecule has 0 unspecified atom stereocenters. The van der Waals surface area contributed by atoms with E-state index in [1.165, 1.54) is 6.07 Å². The van der Waals surface area contributed by atoms with E-state index < -0.39 is 10.5 Å². The van der Waals surface area contributed by atoms with Crippen LogP contribution in [0.1, 0.15) is 25.3 Å². The molecule has 20 heavy (non-hydrogen) atoms. The van der Waals surface area contributed by atoms with Crippen molar-refractivity contribution >= 4 is 11.4 Å². The van der Waals surface area contributed by atoms with Crippen molar-refractivity contribution in [2.45, 2.75) is 31.9 Å². The fourth-order valence-corrected chi connectivity index (χ4v) is 2.40. The van der Waals surface area contributed by atoms with E-state index in [0.717, 1.165) is 18.7 Å². The third-order valence-corrected chi connectivity index (χ3v) is 3.78. The average Bonchev–Trinajstić information content (AvgIpc) is 2.41. The van der Waals surface area contributed by atoms with Crippen molar-refractivity contribution in [2.24, 2.45) is 5.84 Å². The predicted molar refractivity (Wildman–Crippen MR) is 76.0 cm³/mol. The molecule has 1 aromatic rings. The van der Waals surface area contributed by atoms with Gasteiger partial charge >= 0.3 is 0 Å². The lowest BCUT2D eigenvalue weighted by molar-refractivity contribution is -0.384. The van der Waals surface area contributed by atoms with Crippen LogP contribution in [-0.2, 0) is 6.54 Å². The Bertz CT molecular complexity index is 494. The number of piperidine rings is 1. The van der Waals surface area contributed by atoms with Gasteiger partial charge in [0.05, 0.1) is 16.2 Å². The van der Waals surface area contributed by atoms with Crippen molar-refractivity contribution in [2.75, 3.05) is 18.5 Å². The first-order valence-electron chi connectivity index (χ1n) is 6.60. The Kier molecular flexibility index (Phi) is 4.22. The summed E-state index contributed by atoms with van der Waals surface area (Å²) in [5.41, 5.74) is 3.51. The molecule has 7 nitrogen and oxygen atoms in total. The Morgan fingerprint density at radius 2 is 2.15 bits per heavy atom. The molecule has 0 atom stereocenters. The van der Waals surface area contributed by atoms with E-state index in [0.29, 0.717) is 25.1 Å². The third kappa shape index (κ3) is 3.44. The summed E-state index contributed by atoms with van der Waals surface area (Å²) in [7, 11) is 0. The number of nitrogen functional groups attached to an aromatic ring is 1. The lowest BCUT2D eigenvalue weighted by atomic mass is 9.93. The number of non-ortho nitro benzene ring substituents is 1. The van der Waals surface area contributed by atoms with E-state index in [4.69, 9.17) is 5.84 Å². The minimum atomic E-state index is -0.603. The number of nitrogens with two attached hydrogens (primary N) is 1. The highest BCUT2D eigenvalue weighted by Gasteiger charge is 2.27. The van der Waals surface area contributed by atoms with Crippen LogP contribution < -0.4 is 11.3 Å². The molecule has 2 rings (SSSR count). The van der Waals surface area contributed by atoms with Gasteiger partial charge < -0.3 is 10.5 Å². The van der Waals surface area contributed by atoms with Gasteiger partial charge in [0.25, 0.3) is 5.69 Å². The fourth-order valence-electron chi connectivity index (χ4n) is 2.40. The molecule has 1 heterocycles. The zero-order valence-corrected chi connectivity index (χ0v) is 11.5. The summed E-state index contributed by atoms with van der Waals surface area (Å²) in [6.45, 7) is 3.95. The highest BCUT2D eigenvalue weighted by atomic mass is 16.6. The van der Waals surface area contributed by atoms with Crippen molar-refractivity contribution in [3.8, 4) is 0 Å². The molecule has 0 bridgehead atoms. The average molecular weight is 280 g/mol. The van der Waals surface area contributed by atoms with Crippen LogP contribution >= 0.6 is 0 Å². The number of benzene rings is 1. The molecule has 110 valence electrons. The van der Waals surface area contributed by atoms with E-state index in [-0.39, 0.29) is 5.69 Å². The molecule has 1 aliphatic rings. The van der Waals surface area contributed by atoms with Crippen molar-refractivity contribution in [3.05, 3.63) is 33.9 Å². The Balaban J connectivity index is 2.12. The summed E-state index contributed by atoms with van der Waals surface area (Å²) in [6, 6.07) is 4.59. The van der Waals surface area contributed by atoms with Crippen LogP contribution in [0.2, 0.25) is 0 Å². The van der Waals surface area contributed by atoms with Gasteiger partial charge in [-0.05, 0) is 31.4 Å². The minimum absolute atomic E-state index is 0.0583. The minimum Gasteiger partial charge on any atom is -0.390 e. The molecule has 0 radical (unpaired) electrons. The number of nitro benzene ring substituents is 1. The molecular weight excluding hydrogens is 260 g/mol. The van der Waals surface area contributed by atoms with Crippen molar-refractivity contribution in [1.29, 1.82) is 0 Å². The van der Waals surface area contributed by atoms with Crippen LogP contribution in [0.5, 0.6) is 0 Å². The summed E-state index contributed by atoms with van der Waals surface area (Å²) >= 11 is 0. The number of rotatable bonds is 4. The van der Waals surface area contributed by atoms with Gasteiger partial charge in [0.2, 0.25) is 0 Å². The molecule has 0 spiro atoms. The smallest absolute Gasteiger partial charge is 0.269 e. The van der Waals surface area contributed by atoms with Gasteiger partial charge in [-0.2, -0.15) is 0 Å². The number of hydrazine groups is 1. The van der Waals surface area contributed by atoms with E-state index in [1.54, 1.807) is 12.1 Å². The monoisotopic (exact) mass is 280 g/mol. The standard InChI is InChI=1S/C13H20N4O3/c1-13(18)4-6-16(7-5-13)9-10-8-11(17(19)20)2-3-12(10)15-14/h2-3,8,15,18H,4-7,9,14H2,1H3. The number of hydrogen-bond donors (Lipinski definition) is 3. The maximum Gasteiger partial charge on any atom is 0.269 e. The first-order valence-corrected chi connectivity index (χ1v) is 6.60. The van der Waals surface area contributed by atoms with E-state index in [9.17, 15) is 15.2 Å². The lowest BCUT2D eigenvalue weighted by Crippen LogP contribution is -2.42. The fraction of sp³-hybridized carbons (Fsp3) is 0.538. The first kappa shape index (κ1) is 14.7. The van der Waals surface area contributed by atoms with Crippen LogP contribution in [0.4, 0.5) is 11.4 Å². The van der Waals surface area contributed by atoms with Crippen LogP contribution in [-0.4, -0.2) is 33.6 Å². The van der Waals surface area contributed by atoms with Crippen LogP contribution in [0.3, 0.4) is 0 Å². The Hall–Kier alpha value is -1.70. The molecule has 1 fully saturated rings. The maximum atomic E-state index is 10.8. The molecular formula is C13H20N4O3. The molecule has 7 heteroatoms. The van der Waals surface area contributed by atoms with Crippen LogP contribution in [0.25, 0.3) is 0 Å². The molecule has 1 saturated heterocycles. The van der Waals surface area contributed by atoms with Crippen molar-refractivity contribution < 1.29 is 10.0 Å². The van der Waals surface area contributed by atoms with Gasteiger partial charge in [0.15, 0.2) is 0 Å². The first-order chi connectivity index (χ1) is 9.41. The normalized spacial score (nSPS) is 18.8. The number of nitrogens with zero attached hydrogens (tertiary/aromatic N) is 2.